The summed E-state index contributed by atoms with van der Waals surface area (Å²) >= 11 is 3.72. The van der Waals surface area contributed by atoms with E-state index >= 15 is 0 Å². The standard InChI is InChI=1S/C12H14F3N3O2S/c13-12(14,15)20-10-7-8(1-2-9(10)17-21)11(19)18-5-3-16-4-6-18/h1-2,7,16-17,21H,3-6H2. The van der Waals surface area contributed by atoms with E-state index in [0.29, 0.717) is 26.2 Å². The molecule has 1 aromatic carbocycles. The maximum atomic E-state index is 12.4. The second kappa shape index (κ2) is 6.44. The van der Waals surface area contributed by atoms with Crippen LogP contribution >= 0.6 is 12.8 Å². The largest absolute Gasteiger partial charge is 0.573 e. The van der Waals surface area contributed by atoms with Crippen LogP contribution < -0.4 is 14.8 Å². The predicted octanol–water partition coefficient (Wildman–Crippen LogP) is 1.89. The molecule has 0 bridgehead atoms. The van der Waals surface area contributed by atoms with Gasteiger partial charge in [0.2, 0.25) is 0 Å². The van der Waals surface area contributed by atoms with Gasteiger partial charge in [0.15, 0.2) is 5.75 Å². The Kier molecular flexibility index (Phi) is 4.84. The van der Waals surface area contributed by atoms with Crippen molar-refractivity contribution in [1.29, 1.82) is 0 Å². The summed E-state index contributed by atoms with van der Waals surface area (Å²) < 4.78 is 43.3. The first-order valence-corrected chi connectivity index (χ1v) is 6.65. The molecule has 0 unspecified atom stereocenters. The third-order valence-electron chi connectivity index (χ3n) is 2.98. The van der Waals surface area contributed by atoms with E-state index in [1.54, 1.807) is 4.90 Å². The minimum atomic E-state index is -4.84. The van der Waals surface area contributed by atoms with E-state index in [1.165, 1.54) is 12.1 Å². The zero-order chi connectivity index (χ0) is 15.5. The molecule has 0 aliphatic carbocycles. The minimum Gasteiger partial charge on any atom is -0.404 e. The van der Waals surface area contributed by atoms with Crippen LogP contribution in [0.5, 0.6) is 5.75 Å². The molecule has 5 nitrogen and oxygen atoms in total. The van der Waals surface area contributed by atoms with Crippen molar-refractivity contribution in [3.05, 3.63) is 23.8 Å². The SMILES string of the molecule is O=C(c1ccc(NS)c(OC(F)(F)F)c1)N1CCNCC1. The number of benzene rings is 1. The first-order chi connectivity index (χ1) is 9.90. The highest BCUT2D eigenvalue weighted by Gasteiger charge is 2.32. The Balaban J connectivity index is 2.23. The number of nitrogens with zero attached hydrogens (tertiary/aromatic N) is 1. The Morgan fingerprint density at radius 2 is 2.00 bits per heavy atom. The summed E-state index contributed by atoms with van der Waals surface area (Å²) in [7, 11) is 0. The monoisotopic (exact) mass is 321 g/mol. The van der Waals surface area contributed by atoms with E-state index in [-0.39, 0.29) is 17.2 Å². The molecule has 1 fully saturated rings. The highest BCUT2D eigenvalue weighted by molar-refractivity contribution is 7.81. The van der Waals surface area contributed by atoms with Gasteiger partial charge in [-0.2, -0.15) is 0 Å². The number of carbonyl (C=O) groups is 1. The first-order valence-electron chi connectivity index (χ1n) is 6.20. The third kappa shape index (κ3) is 4.18. The van der Waals surface area contributed by atoms with Crippen LogP contribution in [-0.4, -0.2) is 43.3 Å². The summed E-state index contributed by atoms with van der Waals surface area (Å²) in [4.78, 5) is 13.8. The molecular formula is C12H14F3N3O2S. The molecule has 9 heteroatoms. The normalized spacial score (nSPS) is 15.7. The van der Waals surface area contributed by atoms with Crippen LogP contribution in [0, 0.1) is 0 Å². The number of ether oxygens (including phenoxy) is 1. The van der Waals surface area contributed by atoms with Crippen LogP contribution in [0.3, 0.4) is 0 Å². The van der Waals surface area contributed by atoms with Gasteiger partial charge in [-0.15, -0.1) is 13.2 Å². The van der Waals surface area contributed by atoms with Gasteiger partial charge in [-0.3, -0.25) is 4.79 Å². The molecule has 1 amide bonds. The lowest BCUT2D eigenvalue weighted by atomic mass is 10.1. The van der Waals surface area contributed by atoms with Crippen LogP contribution in [0.1, 0.15) is 10.4 Å². The fraction of sp³-hybridized carbons (Fsp3) is 0.417. The number of alkyl halides is 3. The summed E-state index contributed by atoms with van der Waals surface area (Å²) in [5.74, 6) is -0.812. The van der Waals surface area contributed by atoms with Crippen molar-refractivity contribution in [3.63, 3.8) is 0 Å². The van der Waals surface area contributed by atoms with Gasteiger partial charge in [0, 0.05) is 31.7 Å². The Labute approximate surface area is 125 Å². The number of anilines is 1. The Hall–Kier alpha value is -1.61. The number of piperazine rings is 1. The van der Waals surface area contributed by atoms with Crippen molar-refractivity contribution >= 4 is 24.4 Å². The van der Waals surface area contributed by atoms with Crippen molar-refractivity contribution in [2.24, 2.45) is 0 Å². The van der Waals surface area contributed by atoms with E-state index in [0.717, 1.165) is 6.07 Å². The van der Waals surface area contributed by atoms with Crippen molar-refractivity contribution in [1.82, 2.24) is 10.2 Å². The van der Waals surface area contributed by atoms with Gasteiger partial charge in [0.05, 0.1) is 5.69 Å². The van der Waals surface area contributed by atoms with Crippen molar-refractivity contribution in [2.45, 2.75) is 6.36 Å². The molecule has 2 N–H and O–H groups in total. The molecule has 1 heterocycles. The summed E-state index contributed by atoms with van der Waals surface area (Å²) in [5.41, 5.74) is 0.177. The number of amides is 1. The smallest absolute Gasteiger partial charge is 0.404 e. The van der Waals surface area contributed by atoms with E-state index < -0.39 is 12.1 Å². The molecule has 1 aromatic rings. The second-order valence-electron chi connectivity index (χ2n) is 4.41. The molecule has 0 spiro atoms. The van der Waals surface area contributed by atoms with Gasteiger partial charge < -0.3 is 19.7 Å². The lowest BCUT2D eigenvalue weighted by Crippen LogP contribution is -2.46. The number of hydrogen-bond acceptors (Lipinski definition) is 5. The topological polar surface area (TPSA) is 53.6 Å². The number of halogens is 3. The number of rotatable bonds is 3. The summed E-state index contributed by atoms with van der Waals surface area (Å²) in [6.07, 6.45) is -4.84. The van der Waals surface area contributed by atoms with E-state index in [4.69, 9.17) is 0 Å². The molecule has 1 aliphatic rings. The summed E-state index contributed by atoms with van der Waals surface area (Å²) in [6.45, 7) is 2.35. The fourth-order valence-electron chi connectivity index (χ4n) is 2.01. The molecule has 116 valence electrons. The zero-order valence-corrected chi connectivity index (χ0v) is 11.8. The average molecular weight is 321 g/mol. The molecule has 21 heavy (non-hydrogen) atoms. The quantitative estimate of drug-likeness (QED) is 0.744. The number of carbonyl (C=O) groups excluding carboxylic acids is 1. The molecule has 1 aliphatic heterocycles. The molecule has 0 atom stereocenters. The van der Waals surface area contributed by atoms with Crippen LogP contribution in [0.25, 0.3) is 0 Å². The molecule has 0 saturated carbocycles. The molecule has 1 saturated heterocycles. The van der Waals surface area contributed by atoms with Gasteiger partial charge in [0.25, 0.3) is 5.91 Å². The predicted molar refractivity (Wildman–Crippen MR) is 74.5 cm³/mol. The minimum absolute atomic E-state index is 0.0347. The maximum Gasteiger partial charge on any atom is 0.573 e. The van der Waals surface area contributed by atoms with Crippen LogP contribution in [-0.2, 0) is 0 Å². The van der Waals surface area contributed by atoms with E-state index in [2.05, 4.69) is 27.6 Å². The van der Waals surface area contributed by atoms with E-state index in [9.17, 15) is 18.0 Å². The average Bonchev–Trinajstić information content (AvgIpc) is 2.45. The zero-order valence-electron chi connectivity index (χ0n) is 10.9. The van der Waals surface area contributed by atoms with Crippen molar-refractivity contribution in [3.8, 4) is 5.75 Å². The molecule has 0 aromatic heterocycles. The maximum absolute atomic E-state index is 12.4. The third-order valence-corrected chi connectivity index (χ3v) is 3.22. The number of nitrogens with one attached hydrogen (secondary N) is 2. The Bertz CT molecular complexity index is 519. The van der Waals surface area contributed by atoms with Gasteiger partial charge >= 0.3 is 6.36 Å². The number of hydrogen-bond donors (Lipinski definition) is 3. The van der Waals surface area contributed by atoms with Crippen LogP contribution in [0.15, 0.2) is 18.2 Å². The lowest BCUT2D eigenvalue weighted by Gasteiger charge is -2.27. The van der Waals surface area contributed by atoms with Crippen molar-refractivity contribution < 1.29 is 22.7 Å². The molecule has 2 rings (SSSR count). The van der Waals surface area contributed by atoms with Crippen LogP contribution in [0.4, 0.5) is 18.9 Å². The van der Waals surface area contributed by atoms with Gasteiger partial charge in [0.1, 0.15) is 0 Å². The highest BCUT2D eigenvalue weighted by Crippen LogP contribution is 2.32. The second-order valence-corrected chi connectivity index (χ2v) is 4.64. The van der Waals surface area contributed by atoms with Gasteiger partial charge in [-0.1, -0.05) is 12.8 Å². The number of thiol groups is 1. The van der Waals surface area contributed by atoms with Gasteiger partial charge in [-0.25, -0.2) is 0 Å². The molecular weight excluding hydrogens is 307 g/mol. The lowest BCUT2D eigenvalue weighted by molar-refractivity contribution is -0.274. The summed E-state index contributed by atoms with van der Waals surface area (Å²) in [6, 6.07) is 3.83. The van der Waals surface area contributed by atoms with Crippen LogP contribution in [0.2, 0.25) is 0 Å². The first kappa shape index (κ1) is 15.8. The van der Waals surface area contributed by atoms with E-state index in [1.807, 2.05) is 0 Å². The molecule has 0 radical (unpaired) electrons. The fourth-order valence-corrected chi connectivity index (χ4v) is 2.19. The summed E-state index contributed by atoms with van der Waals surface area (Å²) in [5, 5.41) is 3.09. The Morgan fingerprint density at radius 1 is 1.33 bits per heavy atom. The van der Waals surface area contributed by atoms with Gasteiger partial charge in [-0.05, 0) is 18.2 Å². The highest BCUT2D eigenvalue weighted by atomic mass is 32.1. The van der Waals surface area contributed by atoms with Crippen molar-refractivity contribution in [2.75, 3.05) is 30.9 Å². The Morgan fingerprint density at radius 3 is 2.57 bits per heavy atom.